The van der Waals surface area contributed by atoms with Crippen LogP contribution in [0.15, 0.2) is 18.3 Å². The van der Waals surface area contributed by atoms with E-state index in [9.17, 15) is 4.79 Å². The van der Waals surface area contributed by atoms with Crippen LogP contribution in [0.5, 0.6) is 0 Å². The number of hydrazine groups is 1. The molecule has 106 valence electrons. The number of rotatable bonds is 8. The van der Waals surface area contributed by atoms with Crippen LogP contribution in [0, 0.1) is 0 Å². The predicted octanol–water partition coefficient (Wildman–Crippen LogP) is 1.30. The highest BCUT2D eigenvalue weighted by Crippen LogP contribution is 2.05. The zero-order valence-electron chi connectivity index (χ0n) is 11.5. The Morgan fingerprint density at radius 2 is 2.26 bits per heavy atom. The second kappa shape index (κ2) is 8.44. The van der Waals surface area contributed by atoms with Crippen LogP contribution in [0.1, 0.15) is 37.2 Å². The minimum Gasteiger partial charge on any atom is -0.379 e. The summed E-state index contributed by atoms with van der Waals surface area (Å²) in [6.45, 7) is 5.35. The standard InChI is InChI=1S/C13H22N4O2/c1-10(2)19-8-4-3-6-16-13(18)12-9-11(17-14)5-7-15-12/h5,7,9-10H,3-4,6,8,14H2,1-2H3,(H,15,17)(H,16,18). The quantitative estimate of drug-likeness (QED) is 0.375. The van der Waals surface area contributed by atoms with E-state index < -0.39 is 0 Å². The van der Waals surface area contributed by atoms with E-state index in [1.807, 2.05) is 13.8 Å². The van der Waals surface area contributed by atoms with Gasteiger partial charge >= 0.3 is 0 Å². The van der Waals surface area contributed by atoms with Gasteiger partial charge in [-0.3, -0.25) is 15.6 Å². The third-order valence-corrected chi connectivity index (χ3v) is 2.47. The molecule has 0 spiro atoms. The monoisotopic (exact) mass is 266 g/mol. The van der Waals surface area contributed by atoms with Crippen LogP contribution in [0.2, 0.25) is 0 Å². The van der Waals surface area contributed by atoms with Crippen molar-refractivity contribution in [1.82, 2.24) is 10.3 Å². The fraction of sp³-hybridized carbons (Fsp3) is 0.538. The second-order valence-electron chi connectivity index (χ2n) is 4.46. The van der Waals surface area contributed by atoms with Crippen LogP contribution in [0.4, 0.5) is 5.69 Å². The fourth-order valence-corrected chi connectivity index (χ4v) is 1.48. The van der Waals surface area contributed by atoms with Crippen molar-refractivity contribution in [3.8, 4) is 0 Å². The molecule has 1 rings (SSSR count). The Hall–Kier alpha value is -1.66. The van der Waals surface area contributed by atoms with Crippen LogP contribution in [0.3, 0.4) is 0 Å². The van der Waals surface area contributed by atoms with E-state index in [0.717, 1.165) is 19.4 Å². The van der Waals surface area contributed by atoms with Crippen LogP contribution < -0.4 is 16.6 Å². The molecule has 6 nitrogen and oxygen atoms in total. The average Bonchev–Trinajstić information content (AvgIpc) is 2.42. The van der Waals surface area contributed by atoms with Gasteiger partial charge < -0.3 is 15.5 Å². The van der Waals surface area contributed by atoms with Crippen molar-refractivity contribution >= 4 is 11.6 Å². The maximum Gasteiger partial charge on any atom is 0.269 e. The number of ether oxygens (including phenoxy) is 1. The highest BCUT2D eigenvalue weighted by Gasteiger charge is 2.06. The van der Waals surface area contributed by atoms with Gasteiger partial charge in [-0.25, -0.2) is 0 Å². The number of unbranched alkanes of at least 4 members (excludes halogenated alkanes) is 1. The molecule has 0 unspecified atom stereocenters. The van der Waals surface area contributed by atoms with Crippen molar-refractivity contribution in [2.45, 2.75) is 32.8 Å². The molecule has 1 amide bonds. The Morgan fingerprint density at radius 1 is 1.47 bits per heavy atom. The topological polar surface area (TPSA) is 89.3 Å². The molecule has 4 N–H and O–H groups in total. The predicted molar refractivity (Wildman–Crippen MR) is 74.7 cm³/mol. The summed E-state index contributed by atoms with van der Waals surface area (Å²) in [6.07, 6.45) is 3.61. The summed E-state index contributed by atoms with van der Waals surface area (Å²) >= 11 is 0. The smallest absolute Gasteiger partial charge is 0.269 e. The largest absolute Gasteiger partial charge is 0.379 e. The normalized spacial score (nSPS) is 10.5. The van der Waals surface area contributed by atoms with E-state index in [-0.39, 0.29) is 12.0 Å². The van der Waals surface area contributed by atoms with Gasteiger partial charge in [0.25, 0.3) is 5.91 Å². The van der Waals surface area contributed by atoms with Gasteiger partial charge in [0.2, 0.25) is 0 Å². The van der Waals surface area contributed by atoms with E-state index in [0.29, 0.717) is 17.9 Å². The molecule has 1 heterocycles. The van der Waals surface area contributed by atoms with Crippen LogP contribution in [0.25, 0.3) is 0 Å². The third kappa shape index (κ3) is 6.17. The van der Waals surface area contributed by atoms with Crippen molar-refractivity contribution < 1.29 is 9.53 Å². The first-order valence-corrected chi connectivity index (χ1v) is 6.46. The SMILES string of the molecule is CC(C)OCCCCNC(=O)c1cc(NN)ccn1. The molecule has 0 aliphatic heterocycles. The lowest BCUT2D eigenvalue weighted by Crippen LogP contribution is -2.25. The molecular formula is C13H22N4O2. The zero-order chi connectivity index (χ0) is 14.1. The minimum atomic E-state index is -0.193. The zero-order valence-corrected chi connectivity index (χ0v) is 11.5. The summed E-state index contributed by atoms with van der Waals surface area (Å²) in [5.41, 5.74) is 3.49. The Kier molecular flexibility index (Phi) is 6.84. The lowest BCUT2D eigenvalue weighted by Gasteiger charge is -2.08. The maximum atomic E-state index is 11.8. The highest BCUT2D eigenvalue weighted by molar-refractivity contribution is 5.93. The Morgan fingerprint density at radius 3 is 2.95 bits per heavy atom. The molecule has 0 aromatic carbocycles. The molecule has 0 aliphatic carbocycles. The van der Waals surface area contributed by atoms with Crippen LogP contribution in [-0.4, -0.2) is 30.1 Å². The van der Waals surface area contributed by atoms with Gasteiger partial charge in [0.1, 0.15) is 5.69 Å². The number of anilines is 1. The number of hydrogen-bond donors (Lipinski definition) is 3. The Labute approximate surface area is 113 Å². The number of hydrogen-bond acceptors (Lipinski definition) is 5. The summed E-state index contributed by atoms with van der Waals surface area (Å²) in [5.74, 6) is 5.08. The van der Waals surface area contributed by atoms with E-state index in [1.54, 1.807) is 18.3 Å². The Balaban J connectivity index is 2.23. The van der Waals surface area contributed by atoms with E-state index in [4.69, 9.17) is 10.6 Å². The summed E-state index contributed by atoms with van der Waals surface area (Å²) in [4.78, 5) is 15.8. The molecule has 1 aromatic rings. The van der Waals surface area contributed by atoms with Crippen molar-refractivity contribution in [3.05, 3.63) is 24.0 Å². The number of nitrogens with one attached hydrogen (secondary N) is 2. The van der Waals surface area contributed by atoms with Crippen molar-refractivity contribution in [2.75, 3.05) is 18.6 Å². The molecule has 19 heavy (non-hydrogen) atoms. The molecule has 0 aliphatic rings. The number of nitrogens with two attached hydrogens (primary N) is 1. The number of aromatic nitrogens is 1. The summed E-state index contributed by atoms with van der Waals surface area (Å²) in [6, 6.07) is 3.30. The van der Waals surface area contributed by atoms with Gasteiger partial charge in [0, 0.05) is 19.3 Å². The van der Waals surface area contributed by atoms with E-state index in [2.05, 4.69) is 15.7 Å². The van der Waals surface area contributed by atoms with Gasteiger partial charge in [-0.1, -0.05) is 0 Å². The summed E-state index contributed by atoms with van der Waals surface area (Å²) < 4.78 is 5.42. The van der Waals surface area contributed by atoms with Gasteiger partial charge in [0.15, 0.2) is 0 Å². The van der Waals surface area contributed by atoms with Gasteiger partial charge in [-0.05, 0) is 38.8 Å². The molecule has 0 radical (unpaired) electrons. The second-order valence-corrected chi connectivity index (χ2v) is 4.46. The molecule has 0 saturated carbocycles. The average molecular weight is 266 g/mol. The summed E-state index contributed by atoms with van der Waals surface area (Å²) in [7, 11) is 0. The number of pyridine rings is 1. The molecule has 0 atom stereocenters. The Bertz CT molecular complexity index is 396. The number of nitrogens with zero attached hydrogens (tertiary/aromatic N) is 1. The van der Waals surface area contributed by atoms with Crippen LogP contribution >= 0.6 is 0 Å². The molecule has 0 fully saturated rings. The van der Waals surface area contributed by atoms with Gasteiger partial charge in [0.05, 0.1) is 11.8 Å². The van der Waals surface area contributed by atoms with Gasteiger partial charge in [-0.15, -0.1) is 0 Å². The molecular weight excluding hydrogens is 244 g/mol. The molecule has 0 bridgehead atoms. The molecule has 6 heteroatoms. The number of carbonyl (C=O) groups is 1. The fourth-order valence-electron chi connectivity index (χ4n) is 1.48. The lowest BCUT2D eigenvalue weighted by atomic mass is 10.3. The van der Waals surface area contributed by atoms with Gasteiger partial charge in [-0.2, -0.15) is 0 Å². The maximum absolute atomic E-state index is 11.8. The third-order valence-electron chi connectivity index (χ3n) is 2.47. The first-order valence-electron chi connectivity index (χ1n) is 6.46. The highest BCUT2D eigenvalue weighted by atomic mass is 16.5. The van der Waals surface area contributed by atoms with E-state index in [1.165, 1.54) is 0 Å². The van der Waals surface area contributed by atoms with Crippen molar-refractivity contribution in [2.24, 2.45) is 5.84 Å². The molecule has 0 saturated heterocycles. The number of amides is 1. The van der Waals surface area contributed by atoms with Crippen LogP contribution in [-0.2, 0) is 4.74 Å². The summed E-state index contributed by atoms with van der Waals surface area (Å²) in [5, 5.41) is 2.81. The number of carbonyl (C=O) groups excluding carboxylic acids is 1. The minimum absolute atomic E-state index is 0.193. The first-order chi connectivity index (χ1) is 9.13. The lowest BCUT2D eigenvalue weighted by molar-refractivity contribution is 0.0754. The number of nitrogen functional groups attached to an aromatic ring is 1. The van der Waals surface area contributed by atoms with Crippen molar-refractivity contribution in [1.29, 1.82) is 0 Å². The van der Waals surface area contributed by atoms with E-state index >= 15 is 0 Å². The first kappa shape index (κ1) is 15.4. The molecule has 1 aromatic heterocycles. The van der Waals surface area contributed by atoms with Crippen molar-refractivity contribution in [3.63, 3.8) is 0 Å².